The molecule has 0 atom stereocenters. The van der Waals surface area contributed by atoms with Gasteiger partial charge in [-0.1, -0.05) is 6.07 Å². The molecular weight excluding hydrogens is 374 g/mol. The smallest absolute Gasteiger partial charge is 0.246 e. The molecule has 2 rings (SSSR count). The zero-order chi connectivity index (χ0) is 17.5. The maximum Gasteiger partial charge on any atom is 0.246 e. The molecular formula is C17H24BrN3O3. The molecule has 0 saturated carbocycles. The Hall–Kier alpha value is -1.44. The van der Waals surface area contributed by atoms with Gasteiger partial charge in [0.05, 0.1) is 12.2 Å². The third-order valence-corrected chi connectivity index (χ3v) is 4.65. The fourth-order valence-corrected chi connectivity index (χ4v) is 3.34. The zero-order valence-electron chi connectivity index (χ0n) is 14.1. The van der Waals surface area contributed by atoms with E-state index in [1.807, 2.05) is 25.1 Å². The van der Waals surface area contributed by atoms with Gasteiger partial charge in [0, 0.05) is 30.7 Å². The van der Waals surface area contributed by atoms with Crippen LogP contribution in [0.2, 0.25) is 0 Å². The molecule has 1 heterocycles. The number of hydrogen-bond acceptors (Lipinski definition) is 4. The lowest BCUT2D eigenvalue weighted by atomic mass is 10.1. The largest absolute Gasteiger partial charge is 0.375 e. The summed E-state index contributed by atoms with van der Waals surface area (Å²) in [6, 6.07) is 6.01. The SMILES string of the molecule is COCC(=O)NC1CCN(CC(=O)Nc2ccc(C)cc2Br)CC1. The highest BCUT2D eigenvalue weighted by atomic mass is 79.9. The summed E-state index contributed by atoms with van der Waals surface area (Å²) in [5.41, 5.74) is 1.92. The number of halogens is 1. The van der Waals surface area contributed by atoms with Crippen molar-refractivity contribution in [3.63, 3.8) is 0 Å². The summed E-state index contributed by atoms with van der Waals surface area (Å²) in [4.78, 5) is 25.8. The molecule has 1 aromatic carbocycles. The van der Waals surface area contributed by atoms with Crippen LogP contribution in [0.5, 0.6) is 0 Å². The number of carbonyl (C=O) groups is 2. The number of carbonyl (C=O) groups excluding carboxylic acids is 2. The Morgan fingerprint density at radius 3 is 2.62 bits per heavy atom. The number of likely N-dealkylation sites (tertiary alicyclic amines) is 1. The Balaban J connectivity index is 1.75. The first kappa shape index (κ1) is 18.9. The predicted molar refractivity (Wildman–Crippen MR) is 97.0 cm³/mol. The Morgan fingerprint density at radius 1 is 1.29 bits per heavy atom. The van der Waals surface area contributed by atoms with Crippen molar-refractivity contribution >= 4 is 33.4 Å². The first-order chi connectivity index (χ1) is 11.5. The van der Waals surface area contributed by atoms with E-state index in [1.54, 1.807) is 0 Å². The number of anilines is 1. The average Bonchev–Trinajstić information content (AvgIpc) is 2.52. The van der Waals surface area contributed by atoms with E-state index in [1.165, 1.54) is 7.11 Å². The van der Waals surface area contributed by atoms with Gasteiger partial charge in [0.1, 0.15) is 6.61 Å². The van der Waals surface area contributed by atoms with E-state index in [2.05, 4.69) is 31.5 Å². The van der Waals surface area contributed by atoms with E-state index in [-0.39, 0.29) is 24.5 Å². The second-order valence-corrected chi connectivity index (χ2v) is 6.94. The molecule has 0 aliphatic carbocycles. The van der Waals surface area contributed by atoms with E-state index < -0.39 is 0 Å². The van der Waals surface area contributed by atoms with Crippen LogP contribution in [0.15, 0.2) is 22.7 Å². The van der Waals surface area contributed by atoms with Gasteiger partial charge in [0.2, 0.25) is 11.8 Å². The first-order valence-corrected chi connectivity index (χ1v) is 8.84. The van der Waals surface area contributed by atoms with Crippen molar-refractivity contribution in [1.82, 2.24) is 10.2 Å². The van der Waals surface area contributed by atoms with Crippen LogP contribution in [-0.4, -0.2) is 56.1 Å². The van der Waals surface area contributed by atoms with Gasteiger partial charge in [-0.05, 0) is 53.4 Å². The number of nitrogens with one attached hydrogen (secondary N) is 2. The van der Waals surface area contributed by atoms with Crippen molar-refractivity contribution < 1.29 is 14.3 Å². The minimum atomic E-state index is -0.0853. The second-order valence-electron chi connectivity index (χ2n) is 6.08. The number of aryl methyl sites for hydroxylation is 1. The molecule has 0 radical (unpaired) electrons. The normalized spacial score (nSPS) is 16.0. The topological polar surface area (TPSA) is 70.7 Å². The zero-order valence-corrected chi connectivity index (χ0v) is 15.7. The molecule has 1 aromatic rings. The highest BCUT2D eigenvalue weighted by molar-refractivity contribution is 9.10. The number of benzene rings is 1. The van der Waals surface area contributed by atoms with E-state index in [0.29, 0.717) is 6.54 Å². The standard InChI is InChI=1S/C17H24BrN3O3/c1-12-3-4-15(14(18)9-12)20-16(22)10-21-7-5-13(6-8-21)19-17(23)11-24-2/h3-4,9,13H,5-8,10-11H2,1-2H3,(H,19,23)(H,20,22). The van der Waals surface area contributed by atoms with Gasteiger partial charge in [0.25, 0.3) is 0 Å². The van der Waals surface area contributed by atoms with Crippen LogP contribution in [0.1, 0.15) is 18.4 Å². The molecule has 1 saturated heterocycles. The van der Waals surface area contributed by atoms with Crippen LogP contribution >= 0.6 is 15.9 Å². The minimum Gasteiger partial charge on any atom is -0.375 e. The van der Waals surface area contributed by atoms with E-state index in [9.17, 15) is 9.59 Å². The number of rotatable bonds is 6. The van der Waals surface area contributed by atoms with Crippen molar-refractivity contribution in [1.29, 1.82) is 0 Å². The van der Waals surface area contributed by atoms with Gasteiger partial charge < -0.3 is 15.4 Å². The van der Waals surface area contributed by atoms with Crippen LogP contribution in [0.25, 0.3) is 0 Å². The Bertz CT molecular complexity index is 586. The molecule has 1 fully saturated rings. The number of hydrogen-bond donors (Lipinski definition) is 2. The highest BCUT2D eigenvalue weighted by Gasteiger charge is 2.22. The van der Waals surface area contributed by atoms with Gasteiger partial charge in [-0.3, -0.25) is 14.5 Å². The number of piperidine rings is 1. The van der Waals surface area contributed by atoms with Crippen LogP contribution in [0.4, 0.5) is 5.69 Å². The third-order valence-electron chi connectivity index (χ3n) is 3.99. The Labute approximate surface area is 151 Å². The lowest BCUT2D eigenvalue weighted by Gasteiger charge is -2.31. The summed E-state index contributed by atoms with van der Waals surface area (Å²) >= 11 is 3.47. The Kier molecular flexibility index (Phi) is 7.20. The fraction of sp³-hybridized carbons (Fsp3) is 0.529. The predicted octanol–water partition coefficient (Wildman–Crippen LogP) is 1.92. The maximum absolute atomic E-state index is 12.2. The first-order valence-electron chi connectivity index (χ1n) is 8.04. The average molecular weight is 398 g/mol. The molecule has 0 spiro atoms. The summed E-state index contributed by atoms with van der Waals surface area (Å²) < 4.78 is 5.70. The molecule has 1 aliphatic heterocycles. The second kappa shape index (κ2) is 9.15. The van der Waals surface area contributed by atoms with Gasteiger partial charge in [-0.25, -0.2) is 0 Å². The van der Waals surface area contributed by atoms with Crippen LogP contribution in [0.3, 0.4) is 0 Å². The highest BCUT2D eigenvalue weighted by Crippen LogP contribution is 2.23. The summed E-state index contributed by atoms with van der Waals surface area (Å²) in [6.07, 6.45) is 1.69. The van der Waals surface area contributed by atoms with E-state index >= 15 is 0 Å². The fourth-order valence-electron chi connectivity index (χ4n) is 2.75. The molecule has 24 heavy (non-hydrogen) atoms. The molecule has 2 amide bonds. The lowest BCUT2D eigenvalue weighted by Crippen LogP contribution is -2.47. The quantitative estimate of drug-likeness (QED) is 0.768. The van der Waals surface area contributed by atoms with Crippen molar-refractivity contribution in [3.8, 4) is 0 Å². The monoisotopic (exact) mass is 397 g/mol. The Morgan fingerprint density at radius 2 is 2.00 bits per heavy atom. The summed E-state index contributed by atoms with van der Waals surface area (Å²) in [6.45, 7) is 4.04. The number of methoxy groups -OCH3 is 1. The van der Waals surface area contributed by atoms with E-state index in [4.69, 9.17) is 4.74 Å². The maximum atomic E-state index is 12.2. The van der Waals surface area contributed by atoms with Gasteiger partial charge in [0.15, 0.2) is 0 Å². The molecule has 2 N–H and O–H groups in total. The molecule has 1 aliphatic rings. The van der Waals surface area contributed by atoms with Crippen LogP contribution < -0.4 is 10.6 Å². The van der Waals surface area contributed by atoms with Crippen molar-refractivity contribution in [2.75, 3.05) is 38.7 Å². The third kappa shape index (κ3) is 5.89. The molecule has 0 unspecified atom stereocenters. The van der Waals surface area contributed by atoms with Crippen LogP contribution in [-0.2, 0) is 14.3 Å². The number of amides is 2. The lowest BCUT2D eigenvalue weighted by molar-refractivity contribution is -0.126. The molecule has 7 heteroatoms. The minimum absolute atomic E-state index is 0.0265. The molecule has 0 bridgehead atoms. The van der Waals surface area contributed by atoms with E-state index in [0.717, 1.165) is 41.7 Å². The summed E-state index contributed by atoms with van der Waals surface area (Å²) in [5, 5.41) is 5.88. The summed E-state index contributed by atoms with van der Waals surface area (Å²) in [7, 11) is 1.51. The van der Waals surface area contributed by atoms with Crippen molar-refractivity contribution in [3.05, 3.63) is 28.2 Å². The van der Waals surface area contributed by atoms with Crippen LogP contribution in [0, 0.1) is 6.92 Å². The molecule has 0 aromatic heterocycles. The number of nitrogens with zero attached hydrogens (tertiary/aromatic N) is 1. The van der Waals surface area contributed by atoms with Crippen molar-refractivity contribution in [2.24, 2.45) is 0 Å². The summed E-state index contributed by atoms with van der Waals surface area (Å²) in [5.74, 6) is -0.112. The molecule has 132 valence electrons. The van der Waals surface area contributed by atoms with Gasteiger partial charge in [-0.2, -0.15) is 0 Å². The molecule has 6 nitrogen and oxygen atoms in total. The van der Waals surface area contributed by atoms with Crippen molar-refractivity contribution in [2.45, 2.75) is 25.8 Å². The van der Waals surface area contributed by atoms with Gasteiger partial charge >= 0.3 is 0 Å². The van der Waals surface area contributed by atoms with Gasteiger partial charge in [-0.15, -0.1) is 0 Å². The number of ether oxygens (including phenoxy) is 1.